The molecule has 1 saturated heterocycles. The van der Waals surface area contributed by atoms with E-state index in [1.54, 1.807) is 29.2 Å². The lowest BCUT2D eigenvalue weighted by atomic mass is 10.1. The molecule has 7 heteroatoms. The van der Waals surface area contributed by atoms with E-state index in [1.807, 2.05) is 38.1 Å². The zero-order valence-corrected chi connectivity index (χ0v) is 17.2. The number of para-hydroxylation sites is 3. The van der Waals surface area contributed by atoms with Gasteiger partial charge in [-0.2, -0.15) is 0 Å². The number of aryl methyl sites for hydroxylation is 1. The minimum Gasteiger partial charge on any atom is -0.492 e. The van der Waals surface area contributed by atoms with Gasteiger partial charge in [-0.1, -0.05) is 37.3 Å². The Hall–Kier alpha value is -3.35. The molecule has 1 atom stereocenters. The van der Waals surface area contributed by atoms with Gasteiger partial charge in [0.05, 0.1) is 18.2 Å². The minimum atomic E-state index is -0.592. The van der Waals surface area contributed by atoms with Crippen molar-refractivity contribution in [3.05, 3.63) is 54.1 Å². The lowest BCUT2D eigenvalue weighted by molar-refractivity contribution is -0.151. The van der Waals surface area contributed by atoms with Crippen molar-refractivity contribution in [2.45, 2.75) is 26.7 Å². The van der Waals surface area contributed by atoms with Crippen LogP contribution < -0.4 is 15.0 Å². The van der Waals surface area contributed by atoms with Crippen molar-refractivity contribution in [2.24, 2.45) is 5.92 Å². The second kappa shape index (κ2) is 9.91. The maximum absolute atomic E-state index is 12.5. The number of benzene rings is 2. The number of anilines is 2. The van der Waals surface area contributed by atoms with E-state index in [9.17, 15) is 14.4 Å². The minimum absolute atomic E-state index is 0.0751. The molecule has 7 nitrogen and oxygen atoms in total. The highest BCUT2D eigenvalue weighted by Gasteiger charge is 2.37. The van der Waals surface area contributed by atoms with Crippen molar-refractivity contribution in [3.63, 3.8) is 0 Å². The van der Waals surface area contributed by atoms with E-state index in [2.05, 4.69) is 5.32 Å². The van der Waals surface area contributed by atoms with Gasteiger partial charge in [0.25, 0.3) is 5.91 Å². The van der Waals surface area contributed by atoms with Crippen LogP contribution in [0, 0.1) is 5.92 Å². The molecule has 2 aromatic carbocycles. The summed E-state index contributed by atoms with van der Waals surface area (Å²) in [4.78, 5) is 38.7. The van der Waals surface area contributed by atoms with Crippen LogP contribution in [0.15, 0.2) is 48.5 Å². The topological polar surface area (TPSA) is 84.9 Å². The van der Waals surface area contributed by atoms with Crippen LogP contribution in [-0.4, -0.2) is 37.5 Å². The number of nitrogens with zero attached hydrogens (tertiary/aromatic N) is 1. The Morgan fingerprint density at radius 3 is 2.60 bits per heavy atom. The van der Waals surface area contributed by atoms with Gasteiger partial charge in [0.2, 0.25) is 5.91 Å². The molecule has 0 saturated carbocycles. The highest BCUT2D eigenvalue weighted by molar-refractivity contribution is 6.00. The zero-order valence-electron chi connectivity index (χ0n) is 17.2. The first-order valence-corrected chi connectivity index (χ1v) is 10.1. The van der Waals surface area contributed by atoms with E-state index in [4.69, 9.17) is 9.47 Å². The van der Waals surface area contributed by atoms with Crippen molar-refractivity contribution in [1.82, 2.24) is 0 Å². The normalized spacial score (nSPS) is 15.7. The summed E-state index contributed by atoms with van der Waals surface area (Å²) in [6.07, 6.45) is 0.865. The number of ether oxygens (including phenoxy) is 2. The monoisotopic (exact) mass is 410 g/mol. The fraction of sp³-hybridized carbons (Fsp3) is 0.348. The summed E-state index contributed by atoms with van der Waals surface area (Å²) in [6, 6.07) is 14.7. The van der Waals surface area contributed by atoms with Gasteiger partial charge in [-0.15, -0.1) is 0 Å². The van der Waals surface area contributed by atoms with Crippen molar-refractivity contribution in [3.8, 4) is 5.75 Å². The van der Waals surface area contributed by atoms with Crippen molar-refractivity contribution >= 4 is 29.2 Å². The predicted molar refractivity (Wildman–Crippen MR) is 113 cm³/mol. The molecule has 30 heavy (non-hydrogen) atoms. The summed E-state index contributed by atoms with van der Waals surface area (Å²) >= 11 is 0. The van der Waals surface area contributed by atoms with Crippen LogP contribution >= 0.6 is 0 Å². The van der Waals surface area contributed by atoms with Crippen LogP contribution in [0.4, 0.5) is 11.4 Å². The first kappa shape index (κ1) is 21.4. The molecule has 2 amide bonds. The molecule has 1 aliphatic rings. The van der Waals surface area contributed by atoms with Gasteiger partial charge in [0.1, 0.15) is 5.75 Å². The number of hydrogen-bond donors (Lipinski definition) is 1. The zero-order chi connectivity index (χ0) is 21.5. The molecule has 1 heterocycles. The number of hydrogen-bond acceptors (Lipinski definition) is 5. The van der Waals surface area contributed by atoms with Crippen LogP contribution in [0.5, 0.6) is 5.75 Å². The standard InChI is InChI=1S/C23H26N2O5/c1-3-16-9-5-7-11-19(16)25-14-17(13-22(25)27)23(28)30-15-21(26)24-18-10-6-8-12-20(18)29-4-2/h5-12,17H,3-4,13-15H2,1-2H3,(H,24,26)/t17-/m0/s1. The van der Waals surface area contributed by atoms with E-state index in [1.165, 1.54) is 0 Å². The summed E-state index contributed by atoms with van der Waals surface area (Å²) in [5.74, 6) is -1.17. The van der Waals surface area contributed by atoms with Gasteiger partial charge in [-0.05, 0) is 37.1 Å². The molecule has 0 spiro atoms. The Balaban J connectivity index is 1.55. The van der Waals surface area contributed by atoms with Gasteiger partial charge in [0, 0.05) is 18.7 Å². The number of esters is 1. The summed E-state index contributed by atoms with van der Waals surface area (Å²) in [5, 5.41) is 2.68. The summed E-state index contributed by atoms with van der Waals surface area (Å²) in [6.45, 7) is 4.17. The molecule has 2 aromatic rings. The molecule has 0 aliphatic carbocycles. The fourth-order valence-corrected chi connectivity index (χ4v) is 3.46. The molecule has 1 fully saturated rings. The van der Waals surface area contributed by atoms with Crippen LogP contribution in [0.2, 0.25) is 0 Å². The third-order valence-electron chi connectivity index (χ3n) is 4.93. The van der Waals surface area contributed by atoms with Crippen molar-refractivity contribution < 1.29 is 23.9 Å². The van der Waals surface area contributed by atoms with E-state index < -0.39 is 24.4 Å². The van der Waals surface area contributed by atoms with Gasteiger partial charge >= 0.3 is 5.97 Å². The van der Waals surface area contributed by atoms with E-state index in [-0.39, 0.29) is 18.9 Å². The van der Waals surface area contributed by atoms with Crippen LogP contribution in [0.3, 0.4) is 0 Å². The summed E-state index contributed by atoms with van der Waals surface area (Å²) in [7, 11) is 0. The maximum Gasteiger partial charge on any atom is 0.311 e. The third-order valence-corrected chi connectivity index (χ3v) is 4.93. The average Bonchev–Trinajstić information content (AvgIpc) is 3.15. The van der Waals surface area contributed by atoms with Crippen molar-refractivity contribution in [1.29, 1.82) is 0 Å². The Kier molecular flexibility index (Phi) is 7.06. The molecule has 0 unspecified atom stereocenters. The number of nitrogens with one attached hydrogen (secondary N) is 1. The van der Waals surface area contributed by atoms with E-state index >= 15 is 0 Å². The molecular formula is C23H26N2O5. The van der Waals surface area contributed by atoms with Crippen molar-refractivity contribution in [2.75, 3.05) is 30.0 Å². The second-order valence-electron chi connectivity index (χ2n) is 6.97. The summed E-state index contributed by atoms with van der Waals surface area (Å²) in [5.41, 5.74) is 2.39. The third kappa shape index (κ3) is 4.97. The highest BCUT2D eigenvalue weighted by Crippen LogP contribution is 2.29. The number of carbonyl (C=O) groups is 3. The number of carbonyl (C=O) groups excluding carboxylic acids is 3. The average molecular weight is 410 g/mol. The van der Waals surface area contributed by atoms with Gasteiger partial charge in [-0.25, -0.2) is 0 Å². The highest BCUT2D eigenvalue weighted by atomic mass is 16.5. The largest absolute Gasteiger partial charge is 0.492 e. The molecule has 0 radical (unpaired) electrons. The second-order valence-corrected chi connectivity index (χ2v) is 6.97. The lowest BCUT2D eigenvalue weighted by Gasteiger charge is -2.19. The van der Waals surface area contributed by atoms with Gasteiger partial charge in [0.15, 0.2) is 6.61 Å². The molecule has 3 rings (SSSR count). The Bertz CT molecular complexity index is 927. The molecule has 158 valence electrons. The Morgan fingerprint density at radius 2 is 1.83 bits per heavy atom. The smallest absolute Gasteiger partial charge is 0.311 e. The van der Waals surface area contributed by atoms with Gasteiger partial charge in [-0.3, -0.25) is 14.4 Å². The first-order valence-electron chi connectivity index (χ1n) is 10.1. The quantitative estimate of drug-likeness (QED) is 0.676. The fourth-order valence-electron chi connectivity index (χ4n) is 3.46. The van der Waals surface area contributed by atoms with Gasteiger partial charge < -0.3 is 19.7 Å². The van der Waals surface area contributed by atoms with E-state index in [0.717, 1.165) is 17.7 Å². The molecule has 1 N–H and O–H groups in total. The molecule has 0 bridgehead atoms. The molecule has 1 aliphatic heterocycles. The van der Waals surface area contributed by atoms with Crippen LogP contribution in [0.25, 0.3) is 0 Å². The molecular weight excluding hydrogens is 384 g/mol. The SMILES string of the molecule is CCOc1ccccc1NC(=O)COC(=O)[C@H]1CC(=O)N(c2ccccc2CC)C1. The summed E-state index contributed by atoms with van der Waals surface area (Å²) < 4.78 is 10.6. The number of rotatable bonds is 8. The molecule has 0 aromatic heterocycles. The van der Waals surface area contributed by atoms with E-state index in [0.29, 0.717) is 18.0 Å². The Morgan fingerprint density at radius 1 is 1.10 bits per heavy atom. The predicted octanol–water partition coefficient (Wildman–Crippen LogP) is 3.18. The maximum atomic E-state index is 12.5. The Labute approximate surface area is 176 Å². The van der Waals surface area contributed by atoms with Crippen LogP contribution in [0.1, 0.15) is 25.8 Å². The van der Waals surface area contributed by atoms with Crippen LogP contribution in [-0.2, 0) is 25.5 Å². The first-order chi connectivity index (χ1) is 14.5. The number of amides is 2. The lowest BCUT2D eigenvalue weighted by Crippen LogP contribution is -2.28.